The molecule has 4 rings (SSSR count). The number of nitrogens with zero attached hydrogens (tertiary/aromatic N) is 2. The molecule has 248 valence electrons. The molecule has 0 unspecified atom stereocenters. The number of halogens is 1. The Bertz CT molecular complexity index is 1590. The number of benzene rings is 3. The minimum absolute atomic E-state index is 0.229. The van der Waals surface area contributed by atoms with Crippen molar-refractivity contribution in [1.82, 2.24) is 25.8 Å². The highest BCUT2D eigenvalue weighted by Crippen LogP contribution is 2.24. The van der Waals surface area contributed by atoms with Gasteiger partial charge in [0, 0.05) is 30.4 Å². The molecule has 3 aromatic carbocycles. The van der Waals surface area contributed by atoms with Crippen LogP contribution in [0.5, 0.6) is 0 Å². The zero-order valence-corrected chi connectivity index (χ0v) is 28.4. The van der Waals surface area contributed by atoms with Gasteiger partial charge < -0.3 is 25.8 Å². The summed E-state index contributed by atoms with van der Waals surface area (Å²) in [4.78, 5) is 56.5. The maximum Gasteiger partial charge on any atom is 0.250 e. The normalized spacial score (nSPS) is 16.0. The van der Waals surface area contributed by atoms with Crippen LogP contribution in [0.3, 0.4) is 0 Å². The Hall–Kier alpha value is -4.47. The van der Waals surface area contributed by atoms with Crippen LogP contribution in [0.1, 0.15) is 38.8 Å². The van der Waals surface area contributed by atoms with Gasteiger partial charge in [0.1, 0.15) is 12.1 Å². The first-order chi connectivity index (χ1) is 22.4. The number of carbonyl (C=O) groups excluding carboxylic acids is 4. The van der Waals surface area contributed by atoms with Gasteiger partial charge in [-0.3, -0.25) is 19.2 Å². The van der Waals surface area contributed by atoms with E-state index in [0.717, 1.165) is 22.3 Å². The third kappa shape index (κ3) is 9.30. The lowest BCUT2D eigenvalue weighted by Crippen LogP contribution is -2.58. The monoisotopic (exact) mass is 657 g/mol. The van der Waals surface area contributed by atoms with Crippen molar-refractivity contribution in [3.63, 3.8) is 0 Å². The highest BCUT2D eigenvalue weighted by molar-refractivity contribution is 6.31. The van der Waals surface area contributed by atoms with Crippen molar-refractivity contribution in [2.24, 2.45) is 5.41 Å². The number of nitrogens with one attached hydrogen (secondary N) is 3. The lowest BCUT2D eigenvalue weighted by Gasteiger charge is -2.36. The van der Waals surface area contributed by atoms with Crippen molar-refractivity contribution in [2.75, 3.05) is 20.1 Å². The van der Waals surface area contributed by atoms with Crippen LogP contribution in [-0.4, -0.2) is 71.7 Å². The predicted octanol–water partition coefficient (Wildman–Crippen LogP) is 4.56. The molecule has 0 aromatic heterocycles. The van der Waals surface area contributed by atoms with E-state index in [2.05, 4.69) is 16.0 Å². The number of hydrogen-bond donors (Lipinski definition) is 3. The fraction of sp³-hybridized carbons (Fsp3) is 0.351. The topological polar surface area (TPSA) is 111 Å². The second kappa shape index (κ2) is 15.9. The number of hydrogen-bond acceptors (Lipinski definition) is 5. The van der Waals surface area contributed by atoms with Crippen molar-refractivity contribution >= 4 is 35.2 Å². The first kappa shape index (κ1) is 35.4. The molecule has 1 aliphatic heterocycles. The minimum Gasteiger partial charge on any atom is -0.345 e. The highest BCUT2D eigenvalue weighted by Gasteiger charge is 2.37. The van der Waals surface area contributed by atoms with Crippen molar-refractivity contribution in [3.8, 4) is 11.1 Å². The van der Waals surface area contributed by atoms with E-state index in [9.17, 15) is 19.2 Å². The molecule has 0 saturated heterocycles. The molecule has 1 aliphatic rings. The van der Waals surface area contributed by atoms with Gasteiger partial charge in [-0.1, -0.05) is 105 Å². The summed E-state index contributed by atoms with van der Waals surface area (Å²) in [6, 6.07) is 23.3. The first-order valence-electron chi connectivity index (χ1n) is 15.8. The smallest absolute Gasteiger partial charge is 0.250 e. The molecule has 0 bridgehead atoms. The van der Waals surface area contributed by atoms with E-state index in [-0.39, 0.29) is 24.8 Å². The summed E-state index contributed by atoms with van der Waals surface area (Å²) in [6.07, 6.45) is 4.03. The number of amides is 4. The van der Waals surface area contributed by atoms with Crippen LogP contribution in [-0.2, 0) is 32.0 Å². The zero-order chi connectivity index (χ0) is 34.1. The molecule has 10 heteroatoms. The van der Waals surface area contributed by atoms with Gasteiger partial charge in [-0.2, -0.15) is 0 Å². The van der Waals surface area contributed by atoms with Crippen LogP contribution in [0.25, 0.3) is 11.1 Å². The maximum atomic E-state index is 13.9. The summed E-state index contributed by atoms with van der Waals surface area (Å²) >= 11 is 6.36. The Morgan fingerprint density at radius 3 is 2.15 bits per heavy atom. The summed E-state index contributed by atoms with van der Waals surface area (Å²) in [6.45, 7) is 7.26. The summed E-state index contributed by atoms with van der Waals surface area (Å²) in [7, 11) is 1.66. The average molecular weight is 658 g/mol. The van der Waals surface area contributed by atoms with Crippen LogP contribution in [0, 0.1) is 5.41 Å². The second-order valence-electron chi connectivity index (χ2n) is 12.8. The molecule has 47 heavy (non-hydrogen) atoms. The summed E-state index contributed by atoms with van der Waals surface area (Å²) in [5.41, 5.74) is 3.33. The molecule has 1 heterocycles. The number of likely N-dealkylation sites (N-methyl/N-ethyl adjacent to an activating group) is 1. The standard InChI is InChI=1S/C37H44ClN5O4/c1-25(39-5)34(45)41-33(37(2,3)4)35(46)40-24-32(44)43-22-21-42(20-19-29-13-9-10-14-30(29)38)36(47)31(43)23-26-15-17-28(18-16-26)27-11-7-6-8-12-27/h6-18,21-22,25,31,33,39H,19-20,23-24H2,1-5H3,(H,40,46)(H,41,45)/t25-,31-,33+/m0/s1. The lowest BCUT2D eigenvalue weighted by atomic mass is 9.86. The molecule has 3 aromatic rings. The SMILES string of the molecule is CN[C@@H](C)C(=O)N[C@H](C(=O)NCC(=O)N1C=CN(CCc2ccccc2Cl)C(=O)[C@@H]1Cc1ccc(-c2ccccc2)cc1)C(C)(C)C. The van der Waals surface area contributed by atoms with Gasteiger partial charge in [0.15, 0.2) is 0 Å². The van der Waals surface area contributed by atoms with Crippen molar-refractivity contribution in [2.45, 2.75) is 58.7 Å². The van der Waals surface area contributed by atoms with E-state index in [4.69, 9.17) is 11.6 Å². The molecule has 0 aliphatic carbocycles. The van der Waals surface area contributed by atoms with Gasteiger partial charge in [0.05, 0.1) is 12.6 Å². The third-order valence-corrected chi connectivity index (χ3v) is 8.69. The van der Waals surface area contributed by atoms with Crippen molar-refractivity contribution in [3.05, 3.63) is 107 Å². The van der Waals surface area contributed by atoms with Crippen LogP contribution >= 0.6 is 11.6 Å². The molecular formula is C37H44ClN5O4. The van der Waals surface area contributed by atoms with E-state index in [0.29, 0.717) is 18.0 Å². The molecule has 0 spiro atoms. The van der Waals surface area contributed by atoms with Gasteiger partial charge in [0.25, 0.3) is 0 Å². The predicted molar refractivity (Wildman–Crippen MR) is 185 cm³/mol. The summed E-state index contributed by atoms with van der Waals surface area (Å²) in [5, 5.41) is 8.99. The van der Waals surface area contributed by atoms with E-state index < -0.39 is 35.4 Å². The molecule has 3 N–H and O–H groups in total. The van der Waals surface area contributed by atoms with Crippen LogP contribution in [0.15, 0.2) is 91.3 Å². The Morgan fingerprint density at radius 1 is 0.872 bits per heavy atom. The molecule has 9 nitrogen and oxygen atoms in total. The third-order valence-electron chi connectivity index (χ3n) is 8.32. The molecule has 0 radical (unpaired) electrons. The van der Waals surface area contributed by atoms with Gasteiger partial charge in [0.2, 0.25) is 23.6 Å². The van der Waals surface area contributed by atoms with Crippen molar-refractivity contribution < 1.29 is 19.2 Å². The second-order valence-corrected chi connectivity index (χ2v) is 13.2. The fourth-order valence-electron chi connectivity index (χ4n) is 5.33. The molecule has 3 atom stereocenters. The summed E-state index contributed by atoms with van der Waals surface area (Å²) < 4.78 is 0. The number of carbonyl (C=O) groups is 4. The summed E-state index contributed by atoms with van der Waals surface area (Å²) in [5.74, 6) is -1.48. The minimum atomic E-state index is -0.878. The van der Waals surface area contributed by atoms with Gasteiger partial charge in [-0.15, -0.1) is 0 Å². The van der Waals surface area contributed by atoms with Gasteiger partial charge in [-0.05, 0) is 54.1 Å². The highest BCUT2D eigenvalue weighted by atomic mass is 35.5. The largest absolute Gasteiger partial charge is 0.345 e. The molecule has 0 fully saturated rings. The van der Waals surface area contributed by atoms with E-state index in [1.807, 2.05) is 99.6 Å². The lowest BCUT2D eigenvalue weighted by molar-refractivity contribution is -0.143. The fourth-order valence-corrected chi connectivity index (χ4v) is 5.56. The van der Waals surface area contributed by atoms with Crippen LogP contribution in [0.2, 0.25) is 5.02 Å². The average Bonchev–Trinajstić information content (AvgIpc) is 3.06. The Labute approximate surface area is 282 Å². The van der Waals surface area contributed by atoms with Gasteiger partial charge >= 0.3 is 0 Å². The van der Waals surface area contributed by atoms with Crippen LogP contribution in [0.4, 0.5) is 0 Å². The van der Waals surface area contributed by atoms with Gasteiger partial charge in [-0.25, -0.2) is 0 Å². The number of rotatable bonds is 12. The Morgan fingerprint density at radius 2 is 1.51 bits per heavy atom. The van der Waals surface area contributed by atoms with Crippen LogP contribution < -0.4 is 16.0 Å². The zero-order valence-electron chi connectivity index (χ0n) is 27.6. The first-order valence-corrected chi connectivity index (χ1v) is 16.2. The quantitative estimate of drug-likeness (QED) is 0.265. The van der Waals surface area contributed by atoms with Crippen molar-refractivity contribution in [1.29, 1.82) is 0 Å². The van der Waals surface area contributed by atoms with E-state index in [1.54, 1.807) is 31.3 Å². The molecular weight excluding hydrogens is 614 g/mol. The molecule has 4 amide bonds. The molecule has 0 saturated carbocycles. The Balaban J connectivity index is 1.52. The Kier molecular flexibility index (Phi) is 12.0. The maximum absolute atomic E-state index is 13.9. The van der Waals surface area contributed by atoms with E-state index >= 15 is 0 Å². The van der Waals surface area contributed by atoms with E-state index in [1.165, 1.54) is 4.90 Å².